The van der Waals surface area contributed by atoms with E-state index in [9.17, 15) is 4.79 Å². The van der Waals surface area contributed by atoms with Crippen LogP contribution in [0, 0.1) is 0 Å². The van der Waals surface area contributed by atoms with Gasteiger partial charge in [-0.1, -0.05) is 13.0 Å². The van der Waals surface area contributed by atoms with Crippen molar-refractivity contribution in [2.24, 2.45) is 0 Å². The molecule has 6 nitrogen and oxygen atoms in total. The van der Waals surface area contributed by atoms with Gasteiger partial charge < -0.3 is 10.1 Å². The topological polar surface area (TPSA) is 68.2 Å². The van der Waals surface area contributed by atoms with Crippen LogP contribution in [-0.4, -0.2) is 23.0 Å². The molecule has 0 saturated heterocycles. The van der Waals surface area contributed by atoms with Gasteiger partial charge in [0.25, 0.3) is 0 Å². The van der Waals surface area contributed by atoms with Crippen LogP contribution in [0.2, 0.25) is 0 Å². The first-order valence-electron chi connectivity index (χ1n) is 6.91. The summed E-state index contributed by atoms with van der Waals surface area (Å²) >= 11 is 0. The third-order valence-corrected chi connectivity index (χ3v) is 2.93. The lowest BCUT2D eigenvalue weighted by Crippen LogP contribution is -2.11. The molecule has 0 radical (unpaired) electrons. The number of nitrogens with zero attached hydrogens (tertiary/aromatic N) is 2. The number of anilines is 2. The summed E-state index contributed by atoms with van der Waals surface area (Å²) in [6.45, 7) is 3.74. The van der Waals surface area contributed by atoms with Crippen molar-refractivity contribution in [1.82, 2.24) is 9.78 Å². The second-order valence-electron chi connectivity index (χ2n) is 4.66. The quantitative estimate of drug-likeness (QED) is 0.857. The van der Waals surface area contributed by atoms with Crippen molar-refractivity contribution < 1.29 is 9.53 Å². The van der Waals surface area contributed by atoms with E-state index in [0.717, 1.165) is 24.2 Å². The maximum absolute atomic E-state index is 11.2. The largest absolute Gasteiger partial charge is 0.453 e. The Morgan fingerprint density at radius 2 is 2.19 bits per heavy atom. The van der Waals surface area contributed by atoms with Crippen molar-refractivity contribution in [1.29, 1.82) is 0 Å². The van der Waals surface area contributed by atoms with Gasteiger partial charge >= 0.3 is 6.09 Å². The predicted octanol–water partition coefficient (Wildman–Crippen LogP) is 3.08. The molecule has 6 heteroatoms. The lowest BCUT2D eigenvalue weighted by molar-refractivity contribution is 0.187. The SMILES string of the molecule is CCCn1cc(CNc2cccc(NC(=O)OC)c2)cn1. The monoisotopic (exact) mass is 288 g/mol. The van der Waals surface area contributed by atoms with Crippen molar-refractivity contribution >= 4 is 17.5 Å². The summed E-state index contributed by atoms with van der Waals surface area (Å²) in [4.78, 5) is 11.2. The van der Waals surface area contributed by atoms with E-state index in [-0.39, 0.29) is 0 Å². The molecule has 0 bridgehead atoms. The highest BCUT2D eigenvalue weighted by Crippen LogP contribution is 2.16. The normalized spacial score (nSPS) is 10.2. The molecule has 0 fully saturated rings. The van der Waals surface area contributed by atoms with Crippen molar-refractivity contribution in [3.8, 4) is 0 Å². The number of ether oxygens (including phenoxy) is 1. The van der Waals surface area contributed by atoms with Crippen LogP contribution in [0.3, 0.4) is 0 Å². The average molecular weight is 288 g/mol. The van der Waals surface area contributed by atoms with E-state index >= 15 is 0 Å². The highest BCUT2D eigenvalue weighted by atomic mass is 16.5. The van der Waals surface area contributed by atoms with Gasteiger partial charge in [-0.05, 0) is 24.6 Å². The number of carbonyl (C=O) groups is 1. The van der Waals surface area contributed by atoms with E-state index in [1.54, 1.807) is 6.07 Å². The Kier molecular flexibility index (Phi) is 5.20. The lowest BCUT2D eigenvalue weighted by Gasteiger charge is -2.08. The van der Waals surface area contributed by atoms with Crippen LogP contribution in [0.25, 0.3) is 0 Å². The Morgan fingerprint density at radius 1 is 1.38 bits per heavy atom. The fourth-order valence-electron chi connectivity index (χ4n) is 1.93. The van der Waals surface area contributed by atoms with E-state index < -0.39 is 6.09 Å². The Bertz CT molecular complexity index is 595. The van der Waals surface area contributed by atoms with Crippen LogP contribution in [0.4, 0.5) is 16.2 Å². The van der Waals surface area contributed by atoms with Crippen LogP contribution >= 0.6 is 0 Å². The molecule has 0 aliphatic carbocycles. The number of aromatic nitrogens is 2. The molecule has 1 amide bonds. The number of benzene rings is 1. The minimum Gasteiger partial charge on any atom is -0.453 e. The van der Waals surface area contributed by atoms with E-state index in [4.69, 9.17) is 0 Å². The number of hydrogen-bond acceptors (Lipinski definition) is 4. The van der Waals surface area contributed by atoms with Gasteiger partial charge in [0.15, 0.2) is 0 Å². The summed E-state index contributed by atoms with van der Waals surface area (Å²) in [6.07, 6.45) is 4.48. The zero-order valence-electron chi connectivity index (χ0n) is 12.3. The zero-order chi connectivity index (χ0) is 15.1. The van der Waals surface area contributed by atoms with Gasteiger partial charge in [0.2, 0.25) is 0 Å². The second kappa shape index (κ2) is 7.33. The molecule has 0 spiro atoms. The molecule has 1 heterocycles. The van der Waals surface area contributed by atoms with Gasteiger partial charge in [-0.2, -0.15) is 5.10 Å². The first-order valence-corrected chi connectivity index (χ1v) is 6.91. The van der Waals surface area contributed by atoms with Crippen LogP contribution in [-0.2, 0) is 17.8 Å². The summed E-state index contributed by atoms with van der Waals surface area (Å²) < 4.78 is 6.50. The molecule has 21 heavy (non-hydrogen) atoms. The van der Waals surface area contributed by atoms with Crippen LogP contribution < -0.4 is 10.6 Å². The molecule has 0 atom stereocenters. The number of hydrogen-bond donors (Lipinski definition) is 2. The van der Waals surface area contributed by atoms with Crippen LogP contribution in [0.5, 0.6) is 0 Å². The molecule has 0 aliphatic rings. The summed E-state index contributed by atoms with van der Waals surface area (Å²) in [5.41, 5.74) is 2.73. The summed E-state index contributed by atoms with van der Waals surface area (Å²) in [5.74, 6) is 0. The number of carbonyl (C=O) groups excluding carboxylic acids is 1. The van der Waals surface area contributed by atoms with E-state index in [1.165, 1.54) is 7.11 Å². The average Bonchev–Trinajstić information content (AvgIpc) is 2.93. The molecule has 2 N–H and O–H groups in total. The number of nitrogens with one attached hydrogen (secondary N) is 2. The maximum Gasteiger partial charge on any atom is 0.411 e. The second-order valence-corrected chi connectivity index (χ2v) is 4.66. The Hall–Kier alpha value is -2.50. The first-order chi connectivity index (χ1) is 10.2. The third-order valence-electron chi connectivity index (χ3n) is 2.93. The molecule has 2 aromatic rings. The standard InChI is InChI=1S/C15H20N4O2/c1-3-7-19-11-12(10-17-19)9-16-13-5-4-6-14(8-13)18-15(20)21-2/h4-6,8,10-11,16H,3,7,9H2,1-2H3,(H,18,20). The molecule has 0 unspecified atom stereocenters. The minimum atomic E-state index is -0.479. The van der Waals surface area contributed by atoms with Gasteiger partial charge in [0.05, 0.1) is 13.3 Å². The zero-order valence-corrected chi connectivity index (χ0v) is 12.3. The van der Waals surface area contributed by atoms with Gasteiger partial charge in [-0.15, -0.1) is 0 Å². The fraction of sp³-hybridized carbons (Fsp3) is 0.333. The van der Waals surface area contributed by atoms with Crippen molar-refractivity contribution in [3.63, 3.8) is 0 Å². The summed E-state index contributed by atoms with van der Waals surface area (Å²) in [6, 6.07) is 7.47. The molecular weight excluding hydrogens is 268 g/mol. The van der Waals surface area contributed by atoms with Gasteiger partial charge in [-0.3, -0.25) is 10.00 Å². The summed E-state index contributed by atoms with van der Waals surface area (Å²) in [5, 5.41) is 10.2. The third kappa shape index (κ3) is 4.52. The molecule has 0 saturated carbocycles. The Balaban J connectivity index is 1.93. The van der Waals surface area contributed by atoms with Crippen LogP contribution in [0.1, 0.15) is 18.9 Å². The fourth-order valence-corrected chi connectivity index (χ4v) is 1.93. The molecule has 112 valence electrons. The highest BCUT2D eigenvalue weighted by Gasteiger charge is 2.02. The van der Waals surface area contributed by atoms with E-state index in [0.29, 0.717) is 12.2 Å². The molecule has 0 aliphatic heterocycles. The maximum atomic E-state index is 11.2. The van der Waals surface area contributed by atoms with Gasteiger partial charge in [0, 0.05) is 36.2 Å². The Labute approximate surface area is 124 Å². The lowest BCUT2D eigenvalue weighted by atomic mass is 10.2. The van der Waals surface area contributed by atoms with Crippen molar-refractivity contribution in [2.45, 2.75) is 26.4 Å². The minimum absolute atomic E-state index is 0.479. The molecular formula is C15H20N4O2. The summed E-state index contributed by atoms with van der Waals surface area (Å²) in [7, 11) is 1.34. The number of aryl methyl sites for hydroxylation is 1. The van der Waals surface area contributed by atoms with Crippen molar-refractivity contribution in [3.05, 3.63) is 42.2 Å². The molecule has 2 rings (SSSR count). The number of amides is 1. The number of rotatable bonds is 6. The van der Waals surface area contributed by atoms with Gasteiger partial charge in [0.1, 0.15) is 0 Å². The predicted molar refractivity (Wildman–Crippen MR) is 82.3 cm³/mol. The van der Waals surface area contributed by atoms with Crippen LogP contribution in [0.15, 0.2) is 36.7 Å². The first kappa shape index (κ1) is 14.9. The van der Waals surface area contributed by atoms with E-state index in [1.807, 2.05) is 35.3 Å². The number of methoxy groups -OCH3 is 1. The highest BCUT2D eigenvalue weighted by molar-refractivity contribution is 5.85. The Morgan fingerprint density at radius 3 is 2.95 bits per heavy atom. The molecule has 1 aromatic carbocycles. The molecule has 1 aromatic heterocycles. The smallest absolute Gasteiger partial charge is 0.411 e. The van der Waals surface area contributed by atoms with Crippen molar-refractivity contribution in [2.75, 3.05) is 17.7 Å². The van der Waals surface area contributed by atoms with E-state index in [2.05, 4.69) is 27.4 Å². The van der Waals surface area contributed by atoms with Gasteiger partial charge in [-0.25, -0.2) is 4.79 Å².